The number of aliphatic imine (C=N–C) groups is 1. The molecule has 0 amide bonds. The van der Waals surface area contributed by atoms with Gasteiger partial charge >= 0.3 is 0 Å². The highest BCUT2D eigenvalue weighted by atomic mass is 16.3. The van der Waals surface area contributed by atoms with Gasteiger partial charge in [-0.3, -0.25) is 4.99 Å². The first-order valence-electron chi connectivity index (χ1n) is 5.51. The van der Waals surface area contributed by atoms with Gasteiger partial charge in [0.05, 0.1) is 18.5 Å². The van der Waals surface area contributed by atoms with Gasteiger partial charge < -0.3 is 4.42 Å². The van der Waals surface area contributed by atoms with E-state index in [1.165, 1.54) is 5.56 Å². The van der Waals surface area contributed by atoms with E-state index in [4.69, 9.17) is 4.42 Å². The van der Waals surface area contributed by atoms with Crippen molar-refractivity contribution in [3.63, 3.8) is 0 Å². The summed E-state index contributed by atoms with van der Waals surface area (Å²) in [6.07, 6.45) is 4.44. The van der Waals surface area contributed by atoms with Gasteiger partial charge in [0.25, 0.3) is 0 Å². The number of nitrogens with zero attached hydrogens (tertiary/aromatic N) is 1. The van der Waals surface area contributed by atoms with Crippen molar-refractivity contribution in [1.82, 2.24) is 0 Å². The molecule has 0 fully saturated rings. The van der Waals surface area contributed by atoms with E-state index in [0.29, 0.717) is 0 Å². The van der Waals surface area contributed by atoms with Gasteiger partial charge in [-0.15, -0.1) is 0 Å². The highest BCUT2D eigenvalue weighted by molar-refractivity contribution is 5.75. The van der Waals surface area contributed by atoms with Crippen LogP contribution in [0.4, 0.5) is 0 Å². The summed E-state index contributed by atoms with van der Waals surface area (Å²) in [5.74, 6) is 0.800. The molecule has 1 heterocycles. The Balaban J connectivity index is 2.12. The van der Waals surface area contributed by atoms with Gasteiger partial charge in [-0.2, -0.15) is 0 Å². The standard InChI is InChI=1S/C14H15NO/c1-2-14(12-7-4-3-5-8-12)15-11-13-9-6-10-16-13/h3-11,14H,2H2,1H3/t14-/m1/s1. The van der Waals surface area contributed by atoms with Crippen molar-refractivity contribution in [1.29, 1.82) is 0 Å². The third-order valence-corrected chi connectivity index (χ3v) is 2.50. The Bertz CT molecular complexity index is 431. The first kappa shape index (κ1) is 10.7. The molecule has 0 radical (unpaired) electrons. The Morgan fingerprint density at radius 2 is 2.00 bits per heavy atom. The summed E-state index contributed by atoms with van der Waals surface area (Å²) in [6, 6.07) is 14.3. The van der Waals surface area contributed by atoms with Gasteiger partial charge in [0.2, 0.25) is 0 Å². The minimum absolute atomic E-state index is 0.214. The first-order valence-corrected chi connectivity index (χ1v) is 5.51. The lowest BCUT2D eigenvalue weighted by molar-refractivity contribution is 0.558. The van der Waals surface area contributed by atoms with Crippen molar-refractivity contribution in [3.05, 3.63) is 60.1 Å². The smallest absolute Gasteiger partial charge is 0.144 e. The molecule has 0 saturated heterocycles. The van der Waals surface area contributed by atoms with Crippen LogP contribution in [0.2, 0.25) is 0 Å². The van der Waals surface area contributed by atoms with Crippen LogP contribution in [0.25, 0.3) is 0 Å². The normalized spacial score (nSPS) is 13.1. The molecule has 0 aliphatic carbocycles. The zero-order valence-electron chi connectivity index (χ0n) is 9.34. The number of rotatable bonds is 4. The number of benzene rings is 1. The Morgan fingerprint density at radius 1 is 1.19 bits per heavy atom. The summed E-state index contributed by atoms with van der Waals surface area (Å²) in [7, 11) is 0. The van der Waals surface area contributed by atoms with E-state index < -0.39 is 0 Å². The maximum Gasteiger partial charge on any atom is 0.144 e. The quantitative estimate of drug-likeness (QED) is 0.708. The molecule has 2 aromatic rings. The molecule has 0 unspecified atom stereocenters. The van der Waals surface area contributed by atoms with Crippen LogP contribution in [-0.2, 0) is 0 Å². The van der Waals surface area contributed by atoms with E-state index >= 15 is 0 Å². The van der Waals surface area contributed by atoms with Gasteiger partial charge in [0.15, 0.2) is 0 Å². The van der Waals surface area contributed by atoms with E-state index in [1.807, 2.05) is 30.3 Å². The summed E-state index contributed by atoms with van der Waals surface area (Å²) >= 11 is 0. The molecule has 1 aromatic carbocycles. The van der Waals surface area contributed by atoms with E-state index in [2.05, 4.69) is 24.0 Å². The molecule has 2 rings (SSSR count). The van der Waals surface area contributed by atoms with Crippen LogP contribution in [0.5, 0.6) is 0 Å². The van der Waals surface area contributed by atoms with Crippen molar-refractivity contribution >= 4 is 6.21 Å². The molecule has 82 valence electrons. The molecule has 2 heteroatoms. The molecular formula is C14H15NO. The zero-order valence-corrected chi connectivity index (χ0v) is 9.34. The predicted octanol–water partition coefficient (Wildman–Crippen LogP) is 3.85. The third-order valence-electron chi connectivity index (χ3n) is 2.50. The van der Waals surface area contributed by atoms with Gasteiger partial charge in [-0.25, -0.2) is 0 Å². The summed E-state index contributed by atoms with van der Waals surface area (Å²) in [5, 5.41) is 0. The molecule has 0 N–H and O–H groups in total. The topological polar surface area (TPSA) is 25.5 Å². The zero-order chi connectivity index (χ0) is 11.2. The predicted molar refractivity (Wildman–Crippen MR) is 65.8 cm³/mol. The lowest BCUT2D eigenvalue weighted by Gasteiger charge is -2.09. The van der Waals surface area contributed by atoms with E-state index in [1.54, 1.807) is 12.5 Å². The SMILES string of the molecule is CC[C@@H](N=Cc1ccco1)c1ccccc1. The highest BCUT2D eigenvalue weighted by Gasteiger charge is 2.05. The Hall–Kier alpha value is -1.83. The lowest BCUT2D eigenvalue weighted by atomic mass is 10.1. The summed E-state index contributed by atoms with van der Waals surface area (Å²) in [4.78, 5) is 4.54. The molecular weight excluding hydrogens is 198 g/mol. The fourth-order valence-electron chi connectivity index (χ4n) is 1.63. The van der Waals surface area contributed by atoms with E-state index in [0.717, 1.165) is 12.2 Å². The number of furan rings is 1. The van der Waals surface area contributed by atoms with Crippen LogP contribution in [0.1, 0.15) is 30.7 Å². The molecule has 0 spiro atoms. The second kappa shape index (κ2) is 5.31. The Labute approximate surface area is 95.6 Å². The molecule has 1 aromatic heterocycles. The average Bonchev–Trinajstić information content (AvgIpc) is 2.84. The number of hydrogen-bond acceptors (Lipinski definition) is 2. The van der Waals surface area contributed by atoms with Crippen LogP contribution in [0.3, 0.4) is 0 Å². The van der Waals surface area contributed by atoms with Gasteiger partial charge in [-0.05, 0) is 24.1 Å². The lowest BCUT2D eigenvalue weighted by Crippen LogP contribution is -1.93. The van der Waals surface area contributed by atoms with Crippen molar-refractivity contribution in [3.8, 4) is 0 Å². The maximum atomic E-state index is 5.21. The van der Waals surface area contributed by atoms with E-state index in [9.17, 15) is 0 Å². The second-order valence-electron chi connectivity index (χ2n) is 3.63. The average molecular weight is 213 g/mol. The molecule has 2 nitrogen and oxygen atoms in total. The fourth-order valence-corrected chi connectivity index (χ4v) is 1.63. The number of hydrogen-bond donors (Lipinski definition) is 0. The Morgan fingerprint density at radius 3 is 2.62 bits per heavy atom. The third kappa shape index (κ3) is 2.60. The monoisotopic (exact) mass is 213 g/mol. The van der Waals surface area contributed by atoms with Crippen LogP contribution >= 0.6 is 0 Å². The second-order valence-corrected chi connectivity index (χ2v) is 3.63. The van der Waals surface area contributed by atoms with Crippen molar-refractivity contribution in [2.24, 2.45) is 4.99 Å². The summed E-state index contributed by atoms with van der Waals surface area (Å²) in [5.41, 5.74) is 1.24. The molecule has 16 heavy (non-hydrogen) atoms. The van der Waals surface area contributed by atoms with Gasteiger partial charge in [0.1, 0.15) is 5.76 Å². The molecule has 0 bridgehead atoms. The fraction of sp³-hybridized carbons (Fsp3) is 0.214. The summed E-state index contributed by atoms with van der Waals surface area (Å²) < 4.78 is 5.21. The molecule has 0 aliphatic rings. The molecule has 1 atom stereocenters. The largest absolute Gasteiger partial charge is 0.463 e. The van der Waals surface area contributed by atoms with Crippen molar-refractivity contribution < 1.29 is 4.42 Å². The van der Waals surface area contributed by atoms with Gasteiger partial charge in [-0.1, -0.05) is 37.3 Å². The van der Waals surface area contributed by atoms with E-state index in [-0.39, 0.29) is 6.04 Å². The van der Waals surface area contributed by atoms with Crippen molar-refractivity contribution in [2.75, 3.05) is 0 Å². The molecule has 0 saturated carbocycles. The van der Waals surface area contributed by atoms with Gasteiger partial charge in [0, 0.05) is 0 Å². The summed E-state index contributed by atoms with van der Waals surface area (Å²) in [6.45, 7) is 2.14. The van der Waals surface area contributed by atoms with Crippen LogP contribution in [0.15, 0.2) is 58.1 Å². The maximum absolute atomic E-state index is 5.21. The van der Waals surface area contributed by atoms with Crippen LogP contribution in [-0.4, -0.2) is 6.21 Å². The minimum Gasteiger partial charge on any atom is -0.463 e. The first-order chi connectivity index (χ1) is 7.90. The van der Waals surface area contributed by atoms with Crippen LogP contribution < -0.4 is 0 Å². The minimum atomic E-state index is 0.214. The van der Waals surface area contributed by atoms with Crippen LogP contribution in [0, 0.1) is 0 Å². The van der Waals surface area contributed by atoms with Crippen molar-refractivity contribution in [2.45, 2.75) is 19.4 Å². The molecule has 0 aliphatic heterocycles. The Kier molecular flexibility index (Phi) is 3.54. The highest BCUT2D eigenvalue weighted by Crippen LogP contribution is 2.20.